The van der Waals surface area contributed by atoms with Crippen LogP contribution in [0.1, 0.15) is 20.3 Å². The van der Waals surface area contributed by atoms with Gasteiger partial charge in [0.1, 0.15) is 0 Å². The van der Waals surface area contributed by atoms with Crippen LogP contribution >= 0.6 is 0 Å². The van der Waals surface area contributed by atoms with Crippen LogP contribution < -0.4 is 0 Å². The second kappa shape index (κ2) is 3.56. The summed E-state index contributed by atoms with van der Waals surface area (Å²) in [5, 5.41) is 0. The fourth-order valence-electron chi connectivity index (χ4n) is 1.34. The van der Waals surface area contributed by atoms with E-state index in [-0.39, 0.29) is 0 Å². The van der Waals surface area contributed by atoms with Gasteiger partial charge >= 0.3 is 0 Å². The largest absolute Gasteiger partial charge is 0.0988 e. The summed E-state index contributed by atoms with van der Waals surface area (Å²) < 4.78 is 0. The summed E-state index contributed by atoms with van der Waals surface area (Å²) >= 11 is 0. The first-order valence-corrected chi connectivity index (χ1v) is 4.25. The second-order valence-electron chi connectivity index (χ2n) is 3.22. The zero-order valence-electron chi connectivity index (χ0n) is 7.38. The molecular weight excluding hydrogens is 132 g/mol. The maximum Gasteiger partial charge on any atom is -0.0133 e. The Balaban J connectivity index is 2.56. The topological polar surface area (TPSA) is 0 Å². The molecule has 60 valence electrons. The first-order chi connectivity index (χ1) is 5.29. The fraction of sp³-hybridized carbons (Fsp3) is 0.455. The molecule has 1 aliphatic carbocycles. The molecule has 1 saturated carbocycles. The highest BCUT2D eigenvalue weighted by molar-refractivity contribution is 5.28. The number of hydrogen-bond acceptors (Lipinski definition) is 0. The molecule has 2 unspecified atom stereocenters. The lowest BCUT2D eigenvalue weighted by atomic mass is 10.1. The van der Waals surface area contributed by atoms with E-state index < -0.39 is 0 Å². The van der Waals surface area contributed by atoms with Crippen LogP contribution in [0.4, 0.5) is 0 Å². The summed E-state index contributed by atoms with van der Waals surface area (Å²) in [4.78, 5) is 0. The summed E-state index contributed by atoms with van der Waals surface area (Å²) in [6.45, 7) is 8.13. The highest BCUT2D eigenvalue weighted by Crippen LogP contribution is 2.43. The first kappa shape index (κ1) is 8.32. The molecule has 0 aliphatic heterocycles. The normalized spacial score (nSPS) is 30.9. The molecule has 0 spiro atoms. The van der Waals surface area contributed by atoms with Crippen molar-refractivity contribution in [1.82, 2.24) is 0 Å². The first-order valence-electron chi connectivity index (χ1n) is 4.25. The van der Waals surface area contributed by atoms with Crippen molar-refractivity contribution in [2.24, 2.45) is 11.8 Å². The average molecular weight is 148 g/mol. The van der Waals surface area contributed by atoms with Gasteiger partial charge in [-0.1, -0.05) is 37.8 Å². The fourth-order valence-corrected chi connectivity index (χ4v) is 1.34. The van der Waals surface area contributed by atoms with Gasteiger partial charge < -0.3 is 0 Å². The SMILES string of the molecule is C=C/C(=C\C=C/C)C1CC1C. The van der Waals surface area contributed by atoms with E-state index in [4.69, 9.17) is 0 Å². The Kier molecular flexibility index (Phi) is 2.70. The molecule has 0 aromatic carbocycles. The van der Waals surface area contributed by atoms with Crippen LogP contribution in [-0.4, -0.2) is 0 Å². The van der Waals surface area contributed by atoms with Crippen molar-refractivity contribution in [2.45, 2.75) is 20.3 Å². The van der Waals surface area contributed by atoms with Crippen LogP contribution in [0.2, 0.25) is 0 Å². The molecule has 0 bridgehead atoms. The van der Waals surface area contributed by atoms with Crippen LogP contribution in [0.5, 0.6) is 0 Å². The van der Waals surface area contributed by atoms with E-state index in [9.17, 15) is 0 Å². The van der Waals surface area contributed by atoms with E-state index in [0.29, 0.717) is 0 Å². The minimum atomic E-state index is 0.795. The van der Waals surface area contributed by atoms with Crippen LogP contribution in [0.3, 0.4) is 0 Å². The summed E-state index contributed by atoms with van der Waals surface area (Å²) in [7, 11) is 0. The molecular formula is C11H16. The monoisotopic (exact) mass is 148 g/mol. The molecule has 0 amide bonds. The molecule has 1 fully saturated rings. The van der Waals surface area contributed by atoms with Gasteiger partial charge in [0.25, 0.3) is 0 Å². The van der Waals surface area contributed by atoms with Gasteiger partial charge in [0.2, 0.25) is 0 Å². The van der Waals surface area contributed by atoms with E-state index in [2.05, 4.69) is 31.7 Å². The van der Waals surface area contributed by atoms with E-state index in [1.54, 1.807) is 0 Å². The van der Waals surface area contributed by atoms with Gasteiger partial charge in [-0.15, -0.1) is 0 Å². The molecule has 0 heteroatoms. The van der Waals surface area contributed by atoms with Crippen molar-refractivity contribution in [3.63, 3.8) is 0 Å². The molecule has 0 aromatic heterocycles. The van der Waals surface area contributed by atoms with Gasteiger partial charge in [0.15, 0.2) is 0 Å². The Morgan fingerprint density at radius 3 is 2.55 bits per heavy atom. The van der Waals surface area contributed by atoms with E-state index in [1.165, 1.54) is 12.0 Å². The molecule has 0 nitrogen and oxygen atoms in total. The van der Waals surface area contributed by atoms with Crippen LogP contribution in [-0.2, 0) is 0 Å². The Labute approximate surface area is 69.3 Å². The van der Waals surface area contributed by atoms with Gasteiger partial charge in [0, 0.05) is 0 Å². The lowest BCUT2D eigenvalue weighted by Gasteiger charge is -1.95. The zero-order chi connectivity index (χ0) is 8.27. The molecule has 0 saturated heterocycles. The molecule has 11 heavy (non-hydrogen) atoms. The van der Waals surface area contributed by atoms with Crippen LogP contribution in [0.25, 0.3) is 0 Å². The third-order valence-electron chi connectivity index (χ3n) is 2.25. The second-order valence-corrected chi connectivity index (χ2v) is 3.22. The molecule has 1 aliphatic rings. The van der Waals surface area contributed by atoms with Crippen molar-refractivity contribution in [2.75, 3.05) is 0 Å². The molecule has 0 heterocycles. The van der Waals surface area contributed by atoms with Crippen molar-refractivity contribution in [1.29, 1.82) is 0 Å². The lowest BCUT2D eigenvalue weighted by molar-refractivity contribution is 0.874. The van der Waals surface area contributed by atoms with Gasteiger partial charge in [0.05, 0.1) is 0 Å². The van der Waals surface area contributed by atoms with Crippen molar-refractivity contribution in [3.05, 3.63) is 36.5 Å². The number of rotatable bonds is 3. The summed E-state index contributed by atoms with van der Waals surface area (Å²) in [6.07, 6.45) is 9.63. The smallest absolute Gasteiger partial charge is 0.0133 e. The van der Waals surface area contributed by atoms with Gasteiger partial charge in [-0.3, -0.25) is 0 Å². The highest BCUT2D eigenvalue weighted by atomic mass is 14.4. The lowest BCUT2D eigenvalue weighted by Crippen LogP contribution is -1.81. The van der Waals surface area contributed by atoms with E-state index >= 15 is 0 Å². The standard InChI is InChI=1S/C11H16/c1-4-6-7-10(5-2)11-8-9(11)3/h4-7,9,11H,2,8H2,1,3H3/b6-4-,10-7+. The Morgan fingerprint density at radius 1 is 1.55 bits per heavy atom. The maximum absolute atomic E-state index is 3.81. The highest BCUT2D eigenvalue weighted by Gasteiger charge is 2.33. The van der Waals surface area contributed by atoms with E-state index in [1.807, 2.05) is 13.0 Å². The molecule has 1 rings (SSSR count). The molecule has 0 aromatic rings. The van der Waals surface area contributed by atoms with Crippen molar-refractivity contribution in [3.8, 4) is 0 Å². The quantitative estimate of drug-likeness (QED) is 0.538. The predicted molar refractivity (Wildman–Crippen MR) is 50.4 cm³/mol. The minimum absolute atomic E-state index is 0.795. The van der Waals surface area contributed by atoms with Gasteiger partial charge in [-0.2, -0.15) is 0 Å². The summed E-state index contributed by atoms with van der Waals surface area (Å²) in [5.41, 5.74) is 1.40. The van der Waals surface area contributed by atoms with Crippen LogP contribution in [0.15, 0.2) is 36.5 Å². The maximum atomic E-state index is 3.81. The Morgan fingerprint density at radius 2 is 2.18 bits per heavy atom. The summed E-state index contributed by atoms with van der Waals surface area (Å²) in [6, 6.07) is 0. The molecule has 2 atom stereocenters. The third-order valence-corrected chi connectivity index (χ3v) is 2.25. The molecule has 0 radical (unpaired) electrons. The average Bonchev–Trinajstić information content (AvgIpc) is 2.69. The van der Waals surface area contributed by atoms with Gasteiger partial charge in [-0.25, -0.2) is 0 Å². The number of hydrogen-bond donors (Lipinski definition) is 0. The van der Waals surface area contributed by atoms with Crippen molar-refractivity contribution < 1.29 is 0 Å². The predicted octanol–water partition coefficient (Wildman–Crippen LogP) is 3.33. The van der Waals surface area contributed by atoms with Crippen LogP contribution in [0, 0.1) is 11.8 Å². The van der Waals surface area contributed by atoms with Crippen molar-refractivity contribution >= 4 is 0 Å². The Bertz CT molecular complexity index is 196. The van der Waals surface area contributed by atoms with E-state index in [0.717, 1.165) is 11.8 Å². The zero-order valence-corrected chi connectivity index (χ0v) is 7.38. The minimum Gasteiger partial charge on any atom is -0.0988 e. The van der Waals surface area contributed by atoms with Gasteiger partial charge in [-0.05, 0) is 30.8 Å². The summed E-state index contributed by atoms with van der Waals surface area (Å²) in [5.74, 6) is 1.67. The number of allylic oxidation sites excluding steroid dienone is 5. The Hall–Kier alpha value is -0.780. The molecule has 0 N–H and O–H groups in total. The third kappa shape index (κ3) is 2.07.